The Morgan fingerprint density at radius 1 is 1.75 bits per heavy atom. The minimum Gasteiger partial charge on any atom is -0.472 e. The minimum absolute atomic E-state index is 0.0149. The molecular formula is C9H8O2S. The van der Waals surface area contributed by atoms with Crippen molar-refractivity contribution in [2.45, 2.75) is 12.8 Å². The van der Waals surface area contributed by atoms with Gasteiger partial charge in [0.05, 0.1) is 5.92 Å². The minimum atomic E-state index is -1.07. The maximum atomic E-state index is 10.1. The van der Waals surface area contributed by atoms with Gasteiger partial charge in [0.15, 0.2) is 0 Å². The average molecular weight is 180 g/mol. The molecule has 0 saturated carbocycles. The standard InChI is InChI=1S/C9H8O2S/c1-7(4-5-9(10)11)8-3-2-6-12-8/h2-3,6-7H,1H3,(H,10,11). The van der Waals surface area contributed by atoms with Crippen LogP contribution in [0.25, 0.3) is 0 Å². The zero-order chi connectivity index (χ0) is 8.97. The van der Waals surface area contributed by atoms with Gasteiger partial charge in [-0.1, -0.05) is 12.0 Å². The van der Waals surface area contributed by atoms with Crippen LogP contribution in [-0.4, -0.2) is 11.1 Å². The Morgan fingerprint density at radius 2 is 2.50 bits per heavy atom. The number of aliphatic carboxylic acids is 1. The van der Waals surface area contributed by atoms with Crippen LogP contribution in [0.4, 0.5) is 0 Å². The van der Waals surface area contributed by atoms with Crippen molar-refractivity contribution in [1.29, 1.82) is 0 Å². The average Bonchev–Trinajstić information content (AvgIpc) is 2.51. The lowest BCUT2D eigenvalue weighted by atomic mass is 10.1. The maximum Gasteiger partial charge on any atom is 0.381 e. The van der Waals surface area contributed by atoms with Crippen LogP contribution in [0.2, 0.25) is 0 Å². The fourth-order valence-corrected chi connectivity index (χ4v) is 1.51. The van der Waals surface area contributed by atoms with Crippen molar-refractivity contribution < 1.29 is 9.90 Å². The molecule has 0 spiro atoms. The van der Waals surface area contributed by atoms with E-state index in [1.807, 2.05) is 24.4 Å². The van der Waals surface area contributed by atoms with Gasteiger partial charge in [0, 0.05) is 10.8 Å². The lowest BCUT2D eigenvalue weighted by molar-refractivity contribution is -0.130. The Labute approximate surface area is 74.9 Å². The molecule has 0 saturated heterocycles. The summed E-state index contributed by atoms with van der Waals surface area (Å²) in [6.07, 6.45) is 0. The summed E-state index contributed by atoms with van der Waals surface area (Å²) in [6.45, 7) is 1.89. The quantitative estimate of drug-likeness (QED) is 0.670. The number of hydrogen-bond acceptors (Lipinski definition) is 2. The Kier molecular flexibility index (Phi) is 2.89. The number of carbonyl (C=O) groups is 1. The van der Waals surface area contributed by atoms with E-state index in [9.17, 15) is 4.79 Å². The molecular weight excluding hydrogens is 172 g/mol. The highest BCUT2D eigenvalue weighted by Gasteiger charge is 2.01. The molecule has 0 amide bonds. The zero-order valence-corrected chi connectivity index (χ0v) is 7.39. The molecule has 2 nitrogen and oxygen atoms in total. The molecule has 1 rings (SSSR count). The van der Waals surface area contributed by atoms with Crippen molar-refractivity contribution in [2.75, 3.05) is 0 Å². The third kappa shape index (κ3) is 2.40. The number of rotatable bonds is 1. The smallest absolute Gasteiger partial charge is 0.381 e. The van der Waals surface area contributed by atoms with E-state index in [1.54, 1.807) is 11.3 Å². The van der Waals surface area contributed by atoms with Crippen LogP contribution < -0.4 is 0 Å². The SMILES string of the molecule is CC(C#CC(=O)O)c1cccs1. The van der Waals surface area contributed by atoms with Gasteiger partial charge in [-0.3, -0.25) is 0 Å². The number of carboxylic acids is 1. The van der Waals surface area contributed by atoms with Crippen molar-refractivity contribution >= 4 is 17.3 Å². The van der Waals surface area contributed by atoms with Gasteiger partial charge >= 0.3 is 5.97 Å². The summed E-state index contributed by atoms with van der Waals surface area (Å²) in [5.74, 6) is 3.70. The first-order chi connectivity index (χ1) is 5.70. The summed E-state index contributed by atoms with van der Waals surface area (Å²) in [6, 6.07) is 3.88. The molecule has 0 aromatic carbocycles. The molecule has 1 atom stereocenters. The molecule has 3 heteroatoms. The summed E-state index contributed by atoms with van der Waals surface area (Å²) in [4.78, 5) is 11.2. The van der Waals surface area contributed by atoms with Gasteiger partial charge < -0.3 is 5.11 Å². The van der Waals surface area contributed by atoms with E-state index in [0.29, 0.717) is 0 Å². The van der Waals surface area contributed by atoms with Gasteiger partial charge in [0.25, 0.3) is 0 Å². The normalized spacial score (nSPS) is 11.4. The molecule has 12 heavy (non-hydrogen) atoms. The van der Waals surface area contributed by atoms with Gasteiger partial charge in [-0.25, -0.2) is 4.79 Å². The zero-order valence-electron chi connectivity index (χ0n) is 6.57. The van der Waals surface area contributed by atoms with Gasteiger partial charge in [0.1, 0.15) is 0 Å². The molecule has 62 valence electrons. The highest BCUT2D eigenvalue weighted by atomic mass is 32.1. The summed E-state index contributed by atoms with van der Waals surface area (Å²) in [5, 5.41) is 10.2. The van der Waals surface area contributed by atoms with Gasteiger partial charge in [0.2, 0.25) is 0 Å². The van der Waals surface area contributed by atoms with Crippen molar-refractivity contribution in [1.82, 2.24) is 0 Å². The lowest BCUT2D eigenvalue weighted by Crippen LogP contribution is -1.90. The Morgan fingerprint density at radius 3 is 3.00 bits per heavy atom. The van der Waals surface area contributed by atoms with E-state index >= 15 is 0 Å². The second-order valence-corrected chi connectivity index (χ2v) is 3.29. The molecule has 0 fully saturated rings. The fourth-order valence-electron chi connectivity index (χ4n) is 0.779. The summed E-state index contributed by atoms with van der Waals surface area (Å²) < 4.78 is 0. The first kappa shape index (κ1) is 8.82. The molecule has 0 aliphatic rings. The fraction of sp³-hybridized carbons (Fsp3) is 0.222. The maximum absolute atomic E-state index is 10.1. The molecule has 1 aromatic heterocycles. The third-order valence-electron chi connectivity index (χ3n) is 1.37. The van der Waals surface area contributed by atoms with Crippen LogP contribution in [0.1, 0.15) is 17.7 Å². The number of carboxylic acid groups (broad SMARTS) is 1. The number of thiophene rings is 1. The summed E-state index contributed by atoms with van der Waals surface area (Å²) in [7, 11) is 0. The van der Waals surface area contributed by atoms with Crippen LogP contribution in [0, 0.1) is 11.8 Å². The second kappa shape index (κ2) is 3.93. The molecule has 0 radical (unpaired) electrons. The largest absolute Gasteiger partial charge is 0.472 e. The van der Waals surface area contributed by atoms with E-state index in [0.717, 1.165) is 4.88 Å². The summed E-state index contributed by atoms with van der Waals surface area (Å²) in [5.41, 5.74) is 0. The third-order valence-corrected chi connectivity index (χ3v) is 2.42. The molecule has 1 heterocycles. The van der Waals surface area contributed by atoms with Crippen LogP contribution in [0.5, 0.6) is 0 Å². The number of hydrogen-bond donors (Lipinski definition) is 1. The van der Waals surface area contributed by atoms with Crippen LogP contribution >= 0.6 is 11.3 Å². The molecule has 0 bridgehead atoms. The topological polar surface area (TPSA) is 37.3 Å². The van der Waals surface area contributed by atoms with E-state index in [1.165, 1.54) is 0 Å². The van der Waals surface area contributed by atoms with Crippen molar-refractivity contribution in [3.63, 3.8) is 0 Å². The lowest BCUT2D eigenvalue weighted by Gasteiger charge is -1.96. The predicted octanol–water partition coefficient (Wildman–Crippen LogP) is 1.94. The Balaban J connectivity index is 2.69. The Bertz CT molecular complexity index is 316. The first-order valence-corrected chi connectivity index (χ1v) is 4.36. The second-order valence-electron chi connectivity index (χ2n) is 2.31. The monoisotopic (exact) mass is 180 g/mol. The van der Waals surface area contributed by atoms with Crippen molar-refractivity contribution in [3.8, 4) is 11.8 Å². The van der Waals surface area contributed by atoms with Gasteiger partial charge in [-0.05, 0) is 18.4 Å². The van der Waals surface area contributed by atoms with Crippen LogP contribution in [0.15, 0.2) is 17.5 Å². The van der Waals surface area contributed by atoms with E-state index in [2.05, 4.69) is 11.8 Å². The van der Waals surface area contributed by atoms with E-state index in [-0.39, 0.29) is 5.92 Å². The van der Waals surface area contributed by atoms with Crippen molar-refractivity contribution in [3.05, 3.63) is 22.4 Å². The highest BCUT2D eigenvalue weighted by Crippen LogP contribution is 2.19. The molecule has 1 N–H and O–H groups in total. The van der Waals surface area contributed by atoms with Crippen LogP contribution in [0.3, 0.4) is 0 Å². The van der Waals surface area contributed by atoms with E-state index < -0.39 is 5.97 Å². The molecule has 1 unspecified atom stereocenters. The van der Waals surface area contributed by atoms with E-state index in [4.69, 9.17) is 5.11 Å². The molecule has 1 aromatic rings. The van der Waals surface area contributed by atoms with Crippen LogP contribution in [-0.2, 0) is 4.79 Å². The van der Waals surface area contributed by atoms with Crippen molar-refractivity contribution in [2.24, 2.45) is 0 Å². The van der Waals surface area contributed by atoms with Gasteiger partial charge in [-0.15, -0.1) is 11.3 Å². The molecule has 0 aliphatic heterocycles. The first-order valence-electron chi connectivity index (χ1n) is 3.48. The Hall–Kier alpha value is -1.27. The van der Waals surface area contributed by atoms with Gasteiger partial charge in [-0.2, -0.15) is 0 Å². The summed E-state index contributed by atoms with van der Waals surface area (Å²) >= 11 is 1.59. The molecule has 0 aliphatic carbocycles. The predicted molar refractivity (Wildman–Crippen MR) is 48.1 cm³/mol. The highest BCUT2D eigenvalue weighted by molar-refractivity contribution is 7.10.